The third-order valence-electron chi connectivity index (χ3n) is 4.57. The Balaban J connectivity index is 1.57. The lowest BCUT2D eigenvalue weighted by molar-refractivity contribution is -0.139. The molecule has 1 saturated heterocycles. The van der Waals surface area contributed by atoms with Gasteiger partial charge in [0, 0.05) is 38.4 Å². The molecule has 1 fully saturated rings. The molecule has 2 aromatic rings. The van der Waals surface area contributed by atoms with Crippen LogP contribution in [0, 0.1) is 6.92 Å². The summed E-state index contributed by atoms with van der Waals surface area (Å²) < 4.78 is 7.48. The van der Waals surface area contributed by atoms with E-state index in [1.807, 2.05) is 45.3 Å². The van der Waals surface area contributed by atoms with E-state index in [1.165, 1.54) is 5.56 Å². The smallest absolute Gasteiger partial charge is 0.250 e. The Kier molecular flexibility index (Phi) is 5.50. The number of amides is 1. The predicted molar refractivity (Wildman–Crippen MR) is 96.0 cm³/mol. The average Bonchev–Trinajstić information content (AvgIpc) is 2.94. The fourth-order valence-corrected chi connectivity index (χ4v) is 3.27. The van der Waals surface area contributed by atoms with Gasteiger partial charge in [-0.15, -0.1) is 0 Å². The molecule has 1 aliphatic heterocycles. The van der Waals surface area contributed by atoms with Gasteiger partial charge in [-0.1, -0.05) is 30.3 Å². The first-order valence-corrected chi connectivity index (χ1v) is 8.71. The molecule has 3 rings (SSSR count). The summed E-state index contributed by atoms with van der Waals surface area (Å²) in [6, 6.07) is 10.2. The maximum Gasteiger partial charge on any atom is 0.250 e. The lowest BCUT2D eigenvalue weighted by Gasteiger charge is -2.32. The number of hydrogen-bond acceptors (Lipinski definition) is 4. The zero-order valence-corrected chi connectivity index (χ0v) is 15.1. The van der Waals surface area contributed by atoms with Gasteiger partial charge in [0.25, 0.3) is 5.91 Å². The van der Waals surface area contributed by atoms with Crippen LogP contribution in [0.15, 0.2) is 36.5 Å². The van der Waals surface area contributed by atoms with Crippen molar-refractivity contribution in [2.24, 2.45) is 7.05 Å². The van der Waals surface area contributed by atoms with Gasteiger partial charge in [-0.25, -0.2) is 0 Å². The van der Waals surface area contributed by atoms with Crippen LogP contribution in [0.5, 0.6) is 0 Å². The van der Waals surface area contributed by atoms with Gasteiger partial charge >= 0.3 is 0 Å². The fraction of sp³-hybridized carbons (Fsp3) is 0.474. The third-order valence-corrected chi connectivity index (χ3v) is 4.57. The molecule has 2 atom stereocenters. The van der Waals surface area contributed by atoms with Crippen LogP contribution < -0.4 is 5.32 Å². The monoisotopic (exact) mass is 342 g/mol. The average molecular weight is 342 g/mol. The number of aryl methyl sites for hydroxylation is 2. The van der Waals surface area contributed by atoms with Crippen molar-refractivity contribution in [2.45, 2.75) is 32.5 Å². The van der Waals surface area contributed by atoms with Gasteiger partial charge in [-0.05, 0) is 19.4 Å². The molecule has 1 N–H and O–H groups in total. The second-order valence-electron chi connectivity index (χ2n) is 6.65. The molecule has 1 amide bonds. The lowest BCUT2D eigenvalue weighted by Crippen LogP contribution is -2.49. The van der Waals surface area contributed by atoms with Crippen LogP contribution >= 0.6 is 0 Å². The highest BCUT2D eigenvalue weighted by Crippen LogP contribution is 2.17. The Morgan fingerprint density at radius 3 is 2.84 bits per heavy atom. The Hall–Kier alpha value is -2.18. The summed E-state index contributed by atoms with van der Waals surface area (Å²) in [5, 5.41) is 7.40. The summed E-state index contributed by atoms with van der Waals surface area (Å²) in [5.41, 5.74) is 3.22. The van der Waals surface area contributed by atoms with Crippen molar-refractivity contribution in [1.29, 1.82) is 0 Å². The van der Waals surface area contributed by atoms with E-state index in [4.69, 9.17) is 4.74 Å². The summed E-state index contributed by atoms with van der Waals surface area (Å²) in [6.45, 7) is 6.80. The van der Waals surface area contributed by atoms with Gasteiger partial charge in [0.1, 0.15) is 6.10 Å². The molecule has 25 heavy (non-hydrogen) atoms. The number of carbonyl (C=O) groups is 1. The summed E-state index contributed by atoms with van der Waals surface area (Å²) in [5.74, 6) is -0.0616. The van der Waals surface area contributed by atoms with Crippen molar-refractivity contribution in [3.63, 3.8) is 0 Å². The number of aromatic nitrogens is 2. The summed E-state index contributed by atoms with van der Waals surface area (Å²) >= 11 is 0. The van der Waals surface area contributed by atoms with Crippen LogP contribution in [-0.4, -0.2) is 46.4 Å². The highest BCUT2D eigenvalue weighted by atomic mass is 16.5. The first-order chi connectivity index (χ1) is 12.0. The van der Waals surface area contributed by atoms with E-state index in [0.29, 0.717) is 13.2 Å². The quantitative estimate of drug-likeness (QED) is 0.900. The SMILES string of the molecule is Cc1nn(C)cc1[C@@H](C)NC(=O)[C@H]1CN(Cc2ccccc2)CCO1. The minimum absolute atomic E-state index is 0.0616. The number of ether oxygens (including phenoxy) is 1. The Morgan fingerprint density at radius 1 is 1.40 bits per heavy atom. The number of nitrogens with zero attached hydrogens (tertiary/aromatic N) is 3. The van der Waals surface area contributed by atoms with Crippen molar-refractivity contribution in [2.75, 3.05) is 19.7 Å². The Morgan fingerprint density at radius 2 is 2.16 bits per heavy atom. The maximum atomic E-state index is 12.6. The van der Waals surface area contributed by atoms with Crippen LogP contribution in [0.4, 0.5) is 0 Å². The minimum Gasteiger partial charge on any atom is -0.366 e. The largest absolute Gasteiger partial charge is 0.366 e. The molecule has 2 heterocycles. The molecule has 0 spiro atoms. The number of hydrogen-bond donors (Lipinski definition) is 1. The van der Waals surface area contributed by atoms with Crippen molar-refractivity contribution in [3.8, 4) is 0 Å². The molecule has 1 aliphatic rings. The standard InChI is InChI=1S/C19H26N4O2/c1-14(17-12-22(3)21-15(17)2)20-19(24)18-13-23(9-10-25-18)11-16-7-5-4-6-8-16/h4-8,12,14,18H,9-11,13H2,1-3H3,(H,20,24)/t14-,18-/m1/s1. The Labute approximate surface area is 148 Å². The van der Waals surface area contributed by atoms with E-state index >= 15 is 0 Å². The Bertz CT molecular complexity index is 713. The molecular weight excluding hydrogens is 316 g/mol. The highest BCUT2D eigenvalue weighted by molar-refractivity contribution is 5.81. The number of nitrogens with one attached hydrogen (secondary N) is 1. The zero-order valence-electron chi connectivity index (χ0n) is 15.1. The van der Waals surface area contributed by atoms with Crippen LogP contribution in [-0.2, 0) is 23.1 Å². The zero-order chi connectivity index (χ0) is 17.8. The second-order valence-corrected chi connectivity index (χ2v) is 6.65. The molecule has 1 aromatic heterocycles. The molecule has 0 saturated carbocycles. The van der Waals surface area contributed by atoms with Gasteiger partial charge in [0.2, 0.25) is 0 Å². The van der Waals surface area contributed by atoms with Crippen molar-refractivity contribution >= 4 is 5.91 Å². The summed E-state index contributed by atoms with van der Waals surface area (Å²) in [7, 11) is 1.89. The fourth-order valence-electron chi connectivity index (χ4n) is 3.27. The number of benzene rings is 1. The van der Waals surface area contributed by atoms with Crippen LogP contribution in [0.2, 0.25) is 0 Å². The van der Waals surface area contributed by atoms with E-state index in [-0.39, 0.29) is 11.9 Å². The van der Waals surface area contributed by atoms with Crippen molar-refractivity contribution in [1.82, 2.24) is 20.0 Å². The van der Waals surface area contributed by atoms with Gasteiger partial charge in [-0.2, -0.15) is 5.10 Å². The van der Waals surface area contributed by atoms with Gasteiger partial charge in [0.15, 0.2) is 0 Å². The van der Waals surface area contributed by atoms with E-state index in [9.17, 15) is 4.79 Å². The van der Waals surface area contributed by atoms with Crippen molar-refractivity contribution < 1.29 is 9.53 Å². The number of rotatable bonds is 5. The summed E-state index contributed by atoms with van der Waals surface area (Å²) in [6.07, 6.45) is 1.51. The number of carbonyl (C=O) groups excluding carboxylic acids is 1. The second kappa shape index (κ2) is 7.80. The van der Waals surface area contributed by atoms with Gasteiger partial charge in [-0.3, -0.25) is 14.4 Å². The molecular formula is C19H26N4O2. The van der Waals surface area contributed by atoms with E-state index in [0.717, 1.165) is 24.3 Å². The highest BCUT2D eigenvalue weighted by Gasteiger charge is 2.28. The first-order valence-electron chi connectivity index (χ1n) is 8.71. The predicted octanol–water partition coefficient (Wildman–Crippen LogP) is 1.81. The molecule has 0 aliphatic carbocycles. The molecule has 1 aromatic carbocycles. The van der Waals surface area contributed by atoms with Gasteiger partial charge in [0.05, 0.1) is 18.3 Å². The van der Waals surface area contributed by atoms with Gasteiger partial charge < -0.3 is 10.1 Å². The number of morpholine rings is 1. The maximum absolute atomic E-state index is 12.6. The molecule has 6 nitrogen and oxygen atoms in total. The molecule has 134 valence electrons. The van der Waals surface area contributed by atoms with Crippen LogP contribution in [0.3, 0.4) is 0 Å². The topological polar surface area (TPSA) is 59.4 Å². The molecule has 0 radical (unpaired) electrons. The van der Waals surface area contributed by atoms with E-state index < -0.39 is 6.10 Å². The van der Waals surface area contributed by atoms with E-state index in [2.05, 4.69) is 27.4 Å². The first kappa shape index (κ1) is 17.6. The molecule has 0 bridgehead atoms. The van der Waals surface area contributed by atoms with Crippen LogP contribution in [0.25, 0.3) is 0 Å². The molecule has 0 unspecified atom stereocenters. The third kappa shape index (κ3) is 4.46. The van der Waals surface area contributed by atoms with Crippen LogP contribution in [0.1, 0.15) is 29.8 Å². The summed E-state index contributed by atoms with van der Waals surface area (Å²) in [4.78, 5) is 14.9. The molecule has 6 heteroatoms. The normalized spacial score (nSPS) is 19.6. The van der Waals surface area contributed by atoms with Crippen molar-refractivity contribution in [3.05, 3.63) is 53.3 Å². The minimum atomic E-state index is -0.433. The van der Waals surface area contributed by atoms with E-state index in [1.54, 1.807) is 4.68 Å². The lowest BCUT2D eigenvalue weighted by atomic mass is 10.1.